The molecule has 0 aliphatic heterocycles. The molecule has 0 amide bonds. The Labute approximate surface area is 184 Å². The highest BCUT2D eigenvalue weighted by atomic mass is 16.5. The van der Waals surface area contributed by atoms with Crippen LogP contribution in [0.1, 0.15) is 30.5 Å². The van der Waals surface area contributed by atoms with Crippen LogP contribution in [0.4, 0.5) is 5.69 Å². The first-order valence-corrected chi connectivity index (χ1v) is 10.4. The van der Waals surface area contributed by atoms with Crippen LogP contribution >= 0.6 is 0 Å². The molecule has 0 unspecified atom stereocenters. The Morgan fingerprint density at radius 1 is 0.806 bits per heavy atom. The van der Waals surface area contributed by atoms with Gasteiger partial charge in [-0.15, -0.1) is 0 Å². The van der Waals surface area contributed by atoms with Crippen molar-refractivity contribution in [2.24, 2.45) is 4.99 Å². The summed E-state index contributed by atoms with van der Waals surface area (Å²) in [5, 5.41) is 0. The van der Waals surface area contributed by atoms with Crippen molar-refractivity contribution >= 4 is 11.6 Å². The van der Waals surface area contributed by atoms with Crippen LogP contribution in [0.3, 0.4) is 0 Å². The number of aryl methyl sites for hydroxylation is 3. The van der Waals surface area contributed by atoms with E-state index in [1.165, 1.54) is 0 Å². The van der Waals surface area contributed by atoms with Crippen molar-refractivity contribution in [2.75, 3.05) is 6.61 Å². The molecule has 0 radical (unpaired) electrons. The van der Waals surface area contributed by atoms with E-state index in [9.17, 15) is 0 Å². The summed E-state index contributed by atoms with van der Waals surface area (Å²) in [6, 6.07) is 21.6. The normalized spacial score (nSPS) is 11.9. The third-order valence-electron chi connectivity index (χ3n) is 4.47. The van der Waals surface area contributed by atoms with Crippen LogP contribution in [0.5, 0.6) is 17.2 Å². The lowest BCUT2D eigenvalue weighted by Gasteiger charge is -2.12. The Morgan fingerprint density at radius 2 is 1.48 bits per heavy atom. The summed E-state index contributed by atoms with van der Waals surface area (Å²) in [4.78, 5) is 4.79. The van der Waals surface area contributed by atoms with Crippen molar-refractivity contribution < 1.29 is 14.2 Å². The van der Waals surface area contributed by atoms with Crippen molar-refractivity contribution in [2.45, 2.75) is 34.6 Å². The van der Waals surface area contributed by atoms with Crippen molar-refractivity contribution in [3.8, 4) is 17.2 Å². The highest BCUT2D eigenvalue weighted by molar-refractivity contribution is 5.96. The zero-order valence-electron chi connectivity index (χ0n) is 18.8. The number of hydrogen-bond acceptors (Lipinski definition) is 4. The molecule has 3 aromatic rings. The first-order chi connectivity index (χ1) is 14.9. The molecule has 0 fully saturated rings. The molecular weight excluding hydrogens is 386 g/mol. The molecule has 31 heavy (non-hydrogen) atoms. The van der Waals surface area contributed by atoms with Gasteiger partial charge in [-0.3, -0.25) is 0 Å². The predicted molar refractivity (Wildman–Crippen MR) is 127 cm³/mol. The number of nitrogens with zero attached hydrogens (tertiary/aromatic N) is 1. The van der Waals surface area contributed by atoms with Gasteiger partial charge in [0.25, 0.3) is 0 Å². The lowest BCUT2D eigenvalue weighted by molar-refractivity contribution is 0.339. The summed E-state index contributed by atoms with van der Waals surface area (Å²) in [5.41, 5.74) is 5.03. The van der Waals surface area contributed by atoms with Crippen molar-refractivity contribution in [1.82, 2.24) is 0 Å². The average Bonchev–Trinajstić information content (AvgIpc) is 2.71. The van der Waals surface area contributed by atoms with Crippen LogP contribution in [-0.4, -0.2) is 12.5 Å². The van der Waals surface area contributed by atoms with Crippen LogP contribution in [0, 0.1) is 20.8 Å². The monoisotopic (exact) mass is 415 g/mol. The zero-order valence-corrected chi connectivity index (χ0v) is 18.8. The van der Waals surface area contributed by atoms with Gasteiger partial charge in [-0.2, -0.15) is 0 Å². The first kappa shape index (κ1) is 22.2. The van der Waals surface area contributed by atoms with Gasteiger partial charge in [0.2, 0.25) is 5.90 Å². The molecular formula is C27H29NO3. The molecule has 0 aromatic heterocycles. The van der Waals surface area contributed by atoms with Gasteiger partial charge in [-0.1, -0.05) is 24.3 Å². The van der Waals surface area contributed by atoms with E-state index in [1.807, 2.05) is 81.4 Å². The summed E-state index contributed by atoms with van der Waals surface area (Å²) in [6.45, 7) is 10.6. The van der Waals surface area contributed by atoms with E-state index in [-0.39, 0.29) is 0 Å². The summed E-state index contributed by atoms with van der Waals surface area (Å²) in [7, 11) is 0. The molecule has 0 aliphatic rings. The summed E-state index contributed by atoms with van der Waals surface area (Å²) in [6.07, 6.45) is 1.67. The molecule has 0 aliphatic carbocycles. The Morgan fingerprint density at radius 3 is 2.19 bits per heavy atom. The zero-order chi connectivity index (χ0) is 22.2. The van der Waals surface area contributed by atoms with E-state index in [4.69, 9.17) is 19.2 Å². The Balaban J connectivity index is 1.93. The fourth-order valence-electron chi connectivity index (χ4n) is 3.13. The third-order valence-corrected chi connectivity index (χ3v) is 4.47. The number of hydrogen-bond donors (Lipinski definition) is 0. The standard InChI is InChI=1S/C27H29NO3/c1-6-29-25-11-8-12-26(17-25)31-27(28-23-14-20(3)13-21(4)15-23)22(5)18-30-24-10-7-9-19(2)16-24/h7-18H,6H2,1-5H3. The molecule has 0 saturated heterocycles. The molecule has 4 heteroatoms. The quantitative estimate of drug-likeness (QED) is 0.235. The second-order valence-corrected chi connectivity index (χ2v) is 7.51. The number of aliphatic imine (C=N–C) groups is 1. The van der Waals surface area contributed by atoms with E-state index in [0.29, 0.717) is 18.3 Å². The molecule has 3 rings (SSSR count). The highest BCUT2D eigenvalue weighted by Gasteiger charge is 2.09. The van der Waals surface area contributed by atoms with Crippen LogP contribution < -0.4 is 14.2 Å². The molecule has 4 nitrogen and oxygen atoms in total. The Bertz CT molecular complexity index is 1080. The van der Waals surface area contributed by atoms with Gasteiger partial charge in [-0.05, 0) is 87.7 Å². The lowest BCUT2D eigenvalue weighted by Crippen LogP contribution is -2.11. The van der Waals surface area contributed by atoms with Gasteiger partial charge in [0.05, 0.1) is 18.6 Å². The van der Waals surface area contributed by atoms with Gasteiger partial charge in [0.15, 0.2) is 0 Å². The number of ether oxygens (including phenoxy) is 3. The van der Waals surface area contributed by atoms with Crippen molar-refractivity contribution in [3.63, 3.8) is 0 Å². The van der Waals surface area contributed by atoms with Crippen LogP contribution in [0.15, 0.2) is 83.6 Å². The molecule has 0 spiro atoms. The van der Waals surface area contributed by atoms with Gasteiger partial charge < -0.3 is 14.2 Å². The second-order valence-electron chi connectivity index (χ2n) is 7.51. The Hall–Kier alpha value is -3.53. The smallest absolute Gasteiger partial charge is 0.225 e. The average molecular weight is 416 g/mol. The summed E-state index contributed by atoms with van der Waals surface area (Å²) in [5.74, 6) is 2.63. The lowest BCUT2D eigenvalue weighted by atomic mass is 10.1. The minimum atomic E-state index is 0.464. The van der Waals surface area contributed by atoms with Gasteiger partial charge in [-0.25, -0.2) is 4.99 Å². The molecule has 160 valence electrons. The minimum absolute atomic E-state index is 0.464. The van der Waals surface area contributed by atoms with Crippen LogP contribution in [0.2, 0.25) is 0 Å². The van der Waals surface area contributed by atoms with Crippen LogP contribution in [-0.2, 0) is 0 Å². The minimum Gasteiger partial charge on any atom is -0.494 e. The van der Waals surface area contributed by atoms with Gasteiger partial charge in [0.1, 0.15) is 17.2 Å². The molecule has 3 aromatic carbocycles. The van der Waals surface area contributed by atoms with E-state index in [1.54, 1.807) is 6.26 Å². The van der Waals surface area contributed by atoms with Gasteiger partial charge in [0, 0.05) is 11.6 Å². The van der Waals surface area contributed by atoms with E-state index in [0.717, 1.165) is 39.4 Å². The second kappa shape index (κ2) is 10.5. The maximum absolute atomic E-state index is 6.18. The van der Waals surface area contributed by atoms with Gasteiger partial charge >= 0.3 is 0 Å². The van der Waals surface area contributed by atoms with E-state index in [2.05, 4.69) is 19.9 Å². The molecule has 0 heterocycles. The predicted octanol–water partition coefficient (Wildman–Crippen LogP) is 7.10. The Kier molecular flexibility index (Phi) is 7.50. The number of benzene rings is 3. The first-order valence-electron chi connectivity index (χ1n) is 10.4. The van der Waals surface area contributed by atoms with Crippen molar-refractivity contribution in [3.05, 3.63) is 95.3 Å². The third kappa shape index (κ3) is 6.75. The summed E-state index contributed by atoms with van der Waals surface area (Å²) >= 11 is 0. The molecule has 0 N–H and O–H groups in total. The molecule has 0 bridgehead atoms. The van der Waals surface area contributed by atoms with Crippen LogP contribution in [0.25, 0.3) is 0 Å². The van der Waals surface area contributed by atoms with E-state index < -0.39 is 0 Å². The molecule has 0 saturated carbocycles. The van der Waals surface area contributed by atoms with E-state index >= 15 is 0 Å². The molecule has 0 atom stereocenters. The topological polar surface area (TPSA) is 40.0 Å². The maximum atomic E-state index is 6.18. The fraction of sp³-hybridized carbons (Fsp3) is 0.222. The number of rotatable bonds is 7. The highest BCUT2D eigenvalue weighted by Crippen LogP contribution is 2.24. The largest absolute Gasteiger partial charge is 0.494 e. The fourth-order valence-corrected chi connectivity index (χ4v) is 3.13. The summed E-state index contributed by atoms with van der Waals surface area (Å²) < 4.78 is 17.6. The maximum Gasteiger partial charge on any atom is 0.225 e. The van der Waals surface area contributed by atoms with Crippen molar-refractivity contribution in [1.29, 1.82) is 0 Å². The SMILES string of the molecule is CCOc1cccc(OC(=Nc2cc(C)cc(C)c2)C(C)=COc2cccc(C)c2)c1.